The van der Waals surface area contributed by atoms with Crippen molar-refractivity contribution >= 4 is 27.5 Å². The molecule has 0 aliphatic rings. The lowest BCUT2D eigenvalue weighted by atomic mass is 10.2. The van der Waals surface area contributed by atoms with Gasteiger partial charge in [-0.2, -0.15) is 0 Å². The normalized spacial score (nSPS) is 10.1. The van der Waals surface area contributed by atoms with E-state index in [9.17, 15) is 9.18 Å². The maximum Gasteiger partial charge on any atom is 0.260 e. The monoisotopic (exact) mass is 283 g/mol. The third-order valence-electron chi connectivity index (χ3n) is 1.98. The van der Waals surface area contributed by atoms with Gasteiger partial charge < -0.3 is 9.73 Å². The Morgan fingerprint density at radius 2 is 2.06 bits per heavy atom. The Morgan fingerprint density at radius 3 is 2.69 bits per heavy atom. The van der Waals surface area contributed by atoms with Gasteiger partial charge in [-0.3, -0.25) is 4.79 Å². The lowest BCUT2D eigenvalue weighted by molar-refractivity contribution is 0.102. The molecular weight excluding hydrogens is 277 g/mol. The van der Waals surface area contributed by atoms with Gasteiger partial charge in [0.2, 0.25) is 0 Å². The first-order valence-electron chi connectivity index (χ1n) is 4.47. The summed E-state index contributed by atoms with van der Waals surface area (Å²) in [7, 11) is 0. The number of nitrogens with one attached hydrogen (secondary N) is 1. The van der Waals surface area contributed by atoms with Crippen molar-refractivity contribution in [1.29, 1.82) is 0 Å². The van der Waals surface area contributed by atoms with Gasteiger partial charge in [-0.05, 0) is 34.1 Å². The molecule has 0 atom stereocenters. The van der Waals surface area contributed by atoms with Crippen molar-refractivity contribution in [2.75, 3.05) is 5.32 Å². The fraction of sp³-hybridized carbons (Fsp3) is 0. The van der Waals surface area contributed by atoms with E-state index in [0.717, 1.165) is 0 Å². The average molecular weight is 284 g/mol. The Hall–Kier alpha value is -1.62. The number of hydrogen-bond acceptors (Lipinski definition) is 2. The van der Waals surface area contributed by atoms with Crippen molar-refractivity contribution in [3.8, 4) is 0 Å². The number of carbonyl (C=O) groups is 1. The molecule has 0 aliphatic carbocycles. The van der Waals surface area contributed by atoms with Gasteiger partial charge in [0, 0.05) is 0 Å². The minimum absolute atomic E-state index is 0.139. The Labute approximate surface area is 99.4 Å². The topological polar surface area (TPSA) is 42.2 Å². The van der Waals surface area contributed by atoms with Crippen LogP contribution in [0.1, 0.15) is 10.4 Å². The molecule has 1 aromatic carbocycles. The van der Waals surface area contributed by atoms with Gasteiger partial charge in [-0.25, -0.2) is 4.39 Å². The molecule has 1 amide bonds. The zero-order valence-electron chi connectivity index (χ0n) is 8.04. The summed E-state index contributed by atoms with van der Waals surface area (Å²) in [6.45, 7) is 0. The molecule has 16 heavy (non-hydrogen) atoms. The maximum absolute atomic E-state index is 13.2. The third kappa shape index (κ3) is 2.14. The number of anilines is 1. The van der Waals surface area contributed by atoms with Crippen molar-refractivity contribution in [3.05, 3.63) is 52.6 Å². The lowest BCUT2D eigenvalue weighted by Crippen LogP contribution is -2.12. The van der Waals surface area contributed by atoms with Crippen LogP contribution < -0.4 is 5.32 Å². The van der Waals surface area contributed by atoms with E-state index < -0.39 is 11.7 Å². The summed E-state index contributed by atoms with van der Waals surface area (Å²) in [5.74, 6) is -0.902. The zero-order valence-corrected chi connectivity index (χ0v) is 9.62. The molecule has 0 aliphatic heterocycles. The molecule has 2 aromatic rings. The van der Waals surface area contributed by atoms with Gasteiger partial charge in [0.25, 0.3) is 5.91 Å². The fourth-order valence-electron chi connectivity index (χ4n) is 1.21. The average Bonchev–Trinajstić information content (AvgIpc) is 2.68. The molecule has 0 saturated heterocycles. The first-order chi connectivity index (χ1) is 7.68. The van der Waals surface area contributed by atoms with E-state index in [2.05, 4.69) is 21.2 Å². The second-order valence-electron chi connectivity index (χ2n) is 3.04. The van der Waals surface area contributed by atoms with E-state index >= 15 is 0 Å². The molecular formula is C11H7BrFNO2. The highest BCUT2D eigenvalue weighted by Gasteiger charge is 2.13. The van der Waals surface area contributed by atoms with Crippen LogP contribution in [0.15, 0.2) is 45.7 Å². The molecule has 1 aromatic heterocycles. The second kappa shape index (κ2) is 4.49. The second-order valence-corrected chi connectivity index (χ2v) is 3.76. The van der Waals surface area contributed by atoms with Gasteiger partial charge in [0.05, 0.1) is 17.5 Å². The van der Waals surface area contributed by atoms with Crippen molar-refractivity contribution in [1.82, 2.24) is 0 Å². The third-order valence-corrected chi connectivity index (χ3v) is 2.60. The summed E-state index contributed by atoms with van der Waals surface area (Å²) in [6.07, 6.45) is 1.38. The summed E-state index contributed by atoms with van der Waals surface area (Å²) in [5, 5.41) is 2.45. The zero-order chi connectivity index (χ0) is 11.5. The van der Waals surface area contributed by atoms with Crippen molar-refractivity contribution < 1.29 is 13.6 Å². The molecule has 0 radical (unpaired) electrons. The van der Waals surface area contributed by atoms with Crippen LogP contribution in [0.5, 0.6) is 0 Å². The van der Waals surface area contributed by atoms with Crippen LogP contribution in [-0.4, -0.2) is 5.91 Å². The Bertz CT molecular complexity index is 524. The van der Waals surface area contributed by atoms with E-state index in [1.807, 2.05) is 0 Å². The first kappa shape index (κ1) is 10.9. The standard InChI is InChI=1S/C11H7BrFNO2/c12-10-7(5-6-16-10)11(15)14-9-4-2-1-3-8(9)13/h1-6H,(H,14,15). The van der Waals surface area contributed by atoms with Crippen LogP contribution in [0.25, 0.3) is 0 Å². The number of carbonyl (C=O) groups excluding carboxylic acids is 1. The summed E-state index contributed by atoms with van der Waals surface area (Å²) < 4.78 is 18.5. The summed E-state index contributed by atoms with van der Waals surface area (Å²) in [6, 6.07) is 7.46. The molecule has 2 rings (SSSR count). The molecule has 0 unspecified atom stereocenters. The van der Waals surface area contributed by atoms with Gasteiger partial charge in [0.15, 0.2) is 4.67 Å². The van der Waals surface area contributed by atoms with E-state index in [-0.39, 0.29) is 5.69 Å². The predicted molar refractivity (Wildman–Crippen MR) is 60.8 cm³/mol. The van der Waals surface area contributed by atoms with Gasteiger partial charge >= 0.3 is 0 Å². The number of amides is 1. The van der Waals surface area contributed by atoms with Gasteiger partial charge in [-0.1, -0.05) is 12.1 Å². The molecule has 0 saturated carbocycles. The van der Waals surface area contributed by atoms with Crippen molar-refractivity contribution in [2.24, 2.45) is 0 Å². The Morgan fingerprint density at radius 1 is 1.31 bits per heavy atom. The first-order valence-corrected chi connectivity index (χ1v) is 5.26. The van der Waals surface area contributed by atoms with Crippen LogP contribution in [0, 0.1) is 5.82 Å². The Kier molecular flexibility index (Phi) is 3.05. The van der Waals surface area contributed by atoms with E-state index in [1.54, 1.807) is 12.1 Å². The molecule has 3 nitrogen and oxygen atoms in total. The number of halogens is 2. The number of para-hydroxylation sites is 1. The van der Waals surface area contributed by atoms with Crippen molar-refractivity contribution in [3.63, 3.8) is 0 Å². The minimum atomic E-state index is -0.476. The van der Waals surface area contributed by atoms with E-state index in [4.69, 9.17) is 4.42 Å². The Balaban J connectivity index is 2.21. The number of furan rings is 1. The number of hydrogen-bond donors (Lipinski definition) is 1. The smallest absolute Gasteiger partial charge is 0.260 e. The summed E-state index contributed by atoms with van der Waals surface area (Å²) >= 11 is 3.08. The lowest BCUT2D eigenvalue weighted by Gasteiger charge is -2.04. The van der Waals surface area contributed by atoms with E-state index in [0.29, 0.717) is 10.2 Å². The van der Waals surface area contributed by atoms with Crippen LogP contribution in [0.2, 0.25) is 0 Å². The highest BCUT2D eigenvalue weighted by atomic mass is 79.9. The van der Waals surface area contributed by atoms with Crippen molar-refractivity contribution in [2.45, 2.75) is 0 Å². The van der Waals surface area contributed by atoms with E-state index in [1.165, 1.54) is 24.5 Å². The largest absolute Gasteiger partial charge is 0.457 e. The molecule has 82 valence electrons. The highest BCUT2D eigenvalue weighted by Crippen LogP contribution is 2.20. The van der Waals surface area contributed by atoms with Crippen LogP contribution >= 0.6 is 15.9 Å². The van der Waals surface area contributed by atoms with Crippen LogP contribution in [0.3, 0.4) is 0 Å². The van der Waals surface area contributed by atoms with Crippen LogP contribution in [-0.2, 0) is 0 Å². The molecule has 5 heteroatoms. The molecule has 0 spiro atoms. The molecule has 0 fully saturated rings. The molecule has 0 bridgehead atoms. The summed E-state index contributed by atoms with van der Waals surface area (Å²) in [4.78, 5) is 11.7. The number of rotatable bonds is 2. The molecule has 1 N–H and O–H groups in total. The fourth-order valence-corrected chi connectivity index (χ4v) is 1.63. The summed E-state index contributed by atoms with van der Waals surface area (Å²) in [5.41, 5.74) is 0.462. The van der Waals surface area contributed by atoms with Gasteiger partial charge in [0.1, 0.15) is 5.82 Å². The van der Waals surface area contributed by atoms with Crippen LogP contribution in [0.4, 0.5) is 10.1 Å². The SMILES string of the molecule is O=C(Nc1ccccc1F)c1ccoc1Br. The van der Waals surface area contributed by atoms with Gasteiger partial charge in [-0.15, -0.1) is 0 Å². The number of benzene rings is 1. The highest BCUT2D eigenvalue weighted by molar-refractivity contribution is 9.10. The minimum Gasteiger partial charge on any atom is -0.457 e. The predicted octanol–water partition coefficient (Wildman–Crippen LogP) is 3.43. The quantitative estimate of drug-likeness (QED) is 0.918. The maximum atomic E-state index is 13.2. The molecule has 1 heterocycles.